The fraction of sp³-hybridized carbons (Fsp3) is 0.357. The number of nitrogens with zero attached hydrogens (tertiary/aromatic N) is 1. The average molecular weight is 566 g/mol. The van der Waals surface area contributed by atoms with Gasteiger partial charge < -0.3 is 30.7 Å². The second-order valence-corrected chi connectivity index (χ2v) is 9.92. The number of hydrogen-bond donors (Lipinski definition) is 4. The van der Waals surface area contributed by atoms with Crippen molar-refractivity contribution in [1.29, 1.82) is 0 Å². The normalized spacial score (nSPS) is 14.3. The highest BCUT2D eigenvalue weighted by Crippen LogP contribution is 2.40. The Balaban J connectivity index is 1.98. The lowest BCUT2D eigenvalue weighted by Crippen LogP contribution is -2.51. The molecular formula is C28H31F4N3O5. The molecule has 0 fully saturated rings. The Hall–Kier alpha value is -3.74. The Kier molecular flexibility index (Phi) is 9.07. The van der Waals surface area contributed by atoms with Crippen LogP contribution in [0.25, 0.3) is 11.3 Å². The average Bonchev–Trinajstić information content (AvgIpc) is 2.89. The summed E-state index contributed by atoms with van der Waals surface area (Å²) in [6.45, 7) is 3.32. The standard InChI is InChI=1S/C28H31F4N3O5/c1-16(36)14-40-22-10-7-18(11-23(22)39-4)25(37)34-15-27(38,28(30,31)32)24-13-19(26(2,3)33)12-21(35-24)17-5-8-20(29)9-6-17/h5-13,16,36,38H,14-15,33H2,1-4H3,(H,34,37)/t16-,27?/m1/s1. The van der Waals surface area contributed by atoms with E-state index in [1.807, 2.05) is 0 Å². The zero-order valence-corrected chi connectivity index (χ0v) is 22.3. The van der Waals surface area contributed by atoms with Gasteiger partial charge in [0, 0.05) is 16.7 Å². The molecule has 0 saturated carbocycles. The van der Waals surface area contributed by atoms with E-state index in [4.69, 9.17) is 15.2 Å². The number of nitrogens with two attached hydrogens (primary N) is 1. The van der Waals surface area contributed by atoms with Gasteiger partial charge in [-0.2, -0.15) is 13.2 Å². The quantitative estimate of drug-likeness (QED) is 0.274. The van der Waals surface area contributed by atoms with Gasteiger partial charge in [-0.1, -0.05) is 0 Å². The SMILES string of the molecule is COc1cc(C(=O)NCC(O)(c2cc(C(C)(C)N)cc(-c3ccc(F)cc3)n2)C(F)(F)F)ccc1OC[C@@H](C)O. The van der Waals surface area contributed by atoms with Crippen LogP contribution < -0.4 is 20.5 Å². The van der Waals surface area contributed by atoms with Crippen molar-refractivity contribution in [2.45, 2.75) is 44.2 Å². The van der Waals surface area contributed by atoms with E-state index in [1.165, 1.54) is 50.4 Å². The molecule has 0 aliphatic heterocycles. The molecule has 0 aliphatic rings. The van der Waals surface area contributed by atoms with Gasteiger partial charge in [-0.15, -0.1) is 0 Å². The molecule has 1 unspecified atom stereocenters. The Labute approximate surface area is 228 Å². The molecule has 0 radical (unpaired) electrons. The molecule has 1 heterocycles. The third-order valence-corrected chi connectivity index (χ3v) is 6.01. The molecule has 5 N–H and O–H groups in total. The van der Waals surface area contributed by atoms with Crippen LogP contribution in [0.5, 0.6) is 11.5 Å². The molecule has 1 aromatic heterocycles. The fourth-order valence-electron chi connectivity index (χ4n) is 3.67. The summed E-state index contributed by atoms with van der Waals surface area (Å²) in [5, 5.41) is 22.5. The number of benzene rings is 2. The van der Waals surface area contributed by atoms with Gasteiger partial charge in [-0.05, 0) is 80.9 Å². The van der Waals surface area contributed by atoms with Crippen molar-refractivity contribution in [2.24, 2.45) is 5.73 Å². The molecule has 216 valence electrons. The minimum Gasteiger partial charge on any atom is -0.493 e. The van der Waals surface area contributed by atoms with Crippen LogP contribution >= 0.6 is 0 Å². The number of rotatable bonds is 10. The summed E-state index contributed by atoms with van der Waals surface area (Å²) in [6, 6.07) is 11.3. The van der Waals surface area contributed by atoms with Crippen LogP contribution in [0.3, 0.4) is 0 Å². The molecule has 0 bridgehead atoms. The van der Waals surface area contributed by atoms with Crippen LogP contribution in [0.1, 0.15) is 42.4 Å². The van der Waals surface area contributed by atoms with Gasteiger partial charge in [0.15, 0.2) is 11.5 Å². The number of amides is 1. The van der Waals surface area contributed by atoms with Crippen molar-refractivity contribution in [3.63, 3.8) is 0 Å². The fourth-order valence-corrected chi connectivity index (χ4v) is 3.67. The van der Waals surface area contributed by atoms with E-state index in [0.717, 1.165) is 18.2 Å². The second kappa shape index (κ2) is 11.8. The van der Waals surface area contributed by atoms with E-state index < -0.39 is 47.4 Å². The van der Waals surface area contributed by atoms with Gasteiger partial charge in [0.1, 0.15) is 12.4 Å². The number of methoxy groups -OCH3 is 1. The maximum Gasteiger partial charge on any atom is 0.424 e. The number of aromatic nitrogens is 1. The number of aliphatic hydroxyl groups excluding tert-OH is 1. The molecule has 1 amide bonds. The topological polar surface area (TPSA) is 127 Å². The molecular weight excluding hydrogens is 534 g/mol. The first-order valence-electron chi connectivity index (χ1n) is 12.2. The van der Waals surface area contributed by atoms with Crippen molar-refractivity contribution in [2.75, 3.05) is 20.3 Å². The first-order chi connectivity index (χ1) is 18.5. The number of carbonyl (C=O) groups is 1. The predicted molar refractivity (Wildman–Crippen MR) is 139 cm³/mol. The Morgan fingerprint density at radius 2 is 1.73 bits per heavy atom. The molecule has 2 atom stereocenters. The van der Waals surface area contributed by atoms with Crippen molar-refractivity contribution in [3.8, 4) is 22.8 Å². The van der Waals surface area contributed by atoms with Crippen LogP contribution in [0.2, 0.25) is 0 Å². The molecule has 0 spiro atoms. The monoisotopic (exact) mass is 565 g/mol. The highest BCUT2D eigenvalue weighted by Gasteiger charge is 2.56. The number of halogens is 4. The predicted octanol–water partition coefficient (Wildman–Crippen LogP) is 4.03. The van der Waals surface area contributed by atoms with Crippen LogP contribution in [-0.2, 0) is 11.1 Å². The lowest BCUT2D eigenvalue weighted by atomic mass is 9.89. The third-order valence-electron chi connectivity index (χ3n) is 6.01. The number of ether oxygens (including phenoxy) is 2. The number of carbonyl (C=O) groups excluding carboxylic acids is 1. The first kappa shape index (κ1) is 30.8. The summed E-state index contributed by atoms with van der Waals surface area (Å²) in [7, 11) is 1.31. The number of alkyl halides is 3. The molecule has 0 aliphatic carbocycles. The first-order valence-corrected chi connectivity index (χ1v) is 12.2. The third kappa shape index (κ3) is 7.06. The van der Waals surface area contributed by atoms with Gasteiger partial charge >= 0.3 is 6.18 Å². The van der Waals surface area contributed by atoms with Crippen LogP contribution in [0.15, 0.2) is 54.6 Å². The Bertz CT molecular complexity index is 1340. The second-order valence-electron chi connectivity index (χ2n) is 9.92. The van der Waals surface area contributed by atoms with Crippen molar-refractivity contribution >= 4 is 5.91 Å². The van der Waals surface area contributed by atoms with E-state index in [1.54, 1.807) is 13.8 Å². The summed E-state index contributed by atoms with van der Waals surface area (Å²) in [4.78, 5) is 16.9. The lowest BCUT2D eigenvalue weighted by molar-refractivity contribution is -0.265. The lowest BCUT2D eigenvalue weighted by Gasteiger charge is -2.32. The maximum absolute atomic E-state index is 14.4. The van der Waals surface area contributed by atoms with Crippen molar-refractivity contribution < 1.29 is 42.0 Å². The van der Waals surface area contributed by atoms with Gasteiger partial charge in [0.2, 0.25) is 5.60 Å². The van der Waals surface area contributed by atoms with Crippen molar-refractivity contribution in [3.05, 3.63) is 77.2 Å². The molecule has 3 rings (SSSR count). The van der Waals surface area contributed by atoms with Gasteiger partial charge in [-0.25, -0.2) is 9.37 Å². The van der Waals surface area contributed by atoms with Crippen LogP contribution in [0, 0.1) is 5.82 Å². The summed E-state index contributed by atoms with van der Waals surface area (Å²) in [5.41, 5.74) is 1.12. The largest absolute Gasteiger partial charge is 0.493 e. The minimum absolute atomic E-state index is 0.0255. The van der Waals surface area contributed by atoms with E-state index in [-0.39, 0.29) is 34.9 Å². The number of aliphatic hydroxyl groups is 2. The van der Waals surface area contributed by atoms with Gasteiger partial charge in [0.25, 0.3) is 5.91 Å². The summed E-state index contributed by atoms with van der Waals surface area (Å²) >= 11 is 0. The zero-order chi connectivity index (χ0) is 29.9. The van der Waals surface area contributed by atoms with Crippen molar-refractivity contribution in [1.82, 2.24) is 10.3 Å². The van der Waals surface area contributed by atoms with Gasteiger partial charge in [-0.3, -0.25) is 4.79 Å². The van der Waals surface area contributed by atoms with E-state index >= 15 is 0 Å². The number of hydrogen-bond acceptors (Lipinski definition) is 7. The molecule has 3 aromatic rings. The minimum atomic E-state index is -5.26. The van der Waals surface area contributed by atoms with Crippen LogP contribution in [0.4, 0.5) is 17.6 Å². The summed E-state index contributed by atoms with van der Waals surface area (Å²) in [6.07, 6.45) is -6.03. The molecule has 12 heteroatoms. The molecule has 40 heavy (non-hydrogen) atoms. The zero-order valence-electron chi connectivity index (χ0n) is 22.3. The number of nitrogens with one attached hydrogen (secondary N) is 1. The highest BCUT2D eigenvalue weighted by atomic mass is 19.4. The Morgan fingerprint density at radius 1 is 1.07 bits per heavy atom. The molecule has 8 nitrogen and oxygen atoms in total. The number of pyridine rings is 1. The summed E-state index contributed by atoms with van der Waals surface area (Å²) < 4.78 is 67.2. The van der Waals surface area contributed by atoms with E-state index in [2.05, 4.69) is 10.3 Å². The van der Waals surface area contributed by atoms with Crippen LogP contribution in [-0.4, -0.2) is 53.6 Å². The maximum atomic E-state index is 14.4. The molecule has 2 aromatic carbocycles. The molecule has 0 saturated heterocycles. The highest BCUT2D eigenvalue weighted by molar-refractivity contribution is 5.95. The van der Waals surface area contributed by atoms with Gasteiger partial charge in [0.05, 0.1) is 31.1 Å². The van der Waals surface area contributed by atoms with E-state index in [0.29, 0.717) is 5.56 Å². The smallest absolute Gasteiger partial charge is 0.424 e. The summed E-state index contributed by atoms with van der Waals surface area (Å²) in [5.74, 6) is -1.15. The Morgan fingerprint density at radius 3 is 2.27 bits per heavy atom. The van der Waals surface area contributed by atoms with E-state index in [9.17, 15) is 32.6 Å².